The molecular weight excluding hydrogens is 310 g/mol. The van der Waals surface area contributed by atoms with Crippen LogP contribution in [0.4, 0.5) is 0 Å². The Morgan fingerprint density at radius 1 is 1.24 bits per heavy atom. The molecule has 1 saturated heterocycles. The van der Waals surface area contributed by atoms with E-state index in [1.54, 1.807) is 6.20 Å². The number of nitrogens with zero attached hydrogens (tertiary/aromatic N) is 1. The largest absolute Gasteiger partial charge is 0.352 e. The van der Waals surface area contributed by atoms with E-state index in [0.717, 1.165) is 36.9 Å². The minimum atomic E-state index is -0.527. The number of carbonyl (C=O) groups excluding carboxylic acids is 1. The van der Waals surface area contributed by atoms with E-state index in [2.05, 4.69) is 33.8 Å². The molecule has 4 heteroatoms. The topological polar surface area (TPSA) is 54.0 Å². The van der Waals surface area contributed by atoms with Gasteiger partial charge >= 0.3 is 0 Å². The number of rotatable bonds is 5. The zero-order valence-corrected chi connectivity index (χ0v) is 15.1. The van der Waals surface area contributed by atoms with Crippen molar-refractivity contribution in [2.75, 3.05) is 6.54 Å². The molecule has 0 spiro atoms. The summed E-state index contributed by atoms with van der Waals surface area (Å²) in [5.74, 6) is 0.114. The first kappa shape index (κ1) is 17.6. The van der Waals surface area contributed by atoms with E-state index in [4.69, 9.17) is 0 Å². The maximum atomic E-state index is 13.0. The van der Waals surface area contributed by atoms with Gasteiger partial charge in [-0.15, -0.1) is 0 Å². The second-order valence-electron chi connectivity index (χ2n) is 7.17. The normalized spacial score (nSPS) is 20.4. The third-order valence-corrected chi connectivity index (χ3v) is 4.83. The highest BCUT2D eigenvalue weighted by atomic mass is 16.2. The molecule has 2 heterocycles. The summed E-state index contributed by atoms with van der Waals surface area (Å²) >= 11 is 0. The van der Waals surface area contributed by atoms with E-state index in [-0.39, 0.29) is 11.9 Å². The van der Waals surface area contributed by atoms with Crippen molar-refractivity contribution in [2.45, 2.75) is 51.1 Å². The highest BCUT2D eigenvalue weighted by Gasteiger charge is 2.40. The average Bonchev–Trinajstić information content (AvgIpc) is 2.63. The minimum absolute atomic E-state index is 0.114. The number of amides is 1. The highest BCUT2D eigenvalue weighted by molar-refractivity contribution is 5.87. The van der Waals surface area contributed by atoms with E-state index < -0.39 is 5.54 Å². The van der Waals surface area contributed by atoms with Crippen LogP contribution in [0.2, 0.25) is 0 Å². The van der Waals surface area contributed by atoms with E-state index >= 15 is 0 Å². The molecule has 25 heavy (non-hydrogen) atoms. The van der Waals surface area contributed by atoms with Gasteiger partial charge in [0.15, 0.2) is 0 Å². The van der Waals surface area contributed by atoms with Gasteiger partial charge in [0.2, 0.25) is 5.91 Å². The summed E-state index contributed by atoms with van der Waals surface area (Å²) in [6.07, 6.45) is 7.43. The maximum Gasteiger partial charge on any atom is 0.240 e. The van der Waals surface area contributed by atoms with Crippen LogP contribution in [0.1, 0.15) is 38.7 Å². The first-order chi connectivity index (χ1) is 12.1. The lowest BCUT2D eigenvalue weighted by Gasteiger charge is -2.38. The SMILES string of the molecule is CC(C)NC(=O)C1(Cc2ccccc2-c2cccnc2)CCCCN1. The van der Waals surface area contributed by atoms with Crippen molar-refractivity contribution in [3.63, 3.8) is 0 Å². The zero-order chi connectivity index (χ0) is 17.7. The fourth-order valence-electron chi connectivity index (χ4n) is 3.60. The summed E-state index contributed by atoms with van der Waals surface area (Å²) in [4.78, 5) is 17.2. The van der Waals surface area contributed by atoms with Crippen LogP contribution in [0, 0.1) is 0 Å². The van der Waals surface area contributed by atoms with Crippen LogP contribution >= 0.6 is 0 Å². The molecule has 3 rings (SSSR count). The Morgan fingerprint density at radius 3 is 2.76 bits per heavy atom. The molecule has 1 unspecified atom stereocenters. The second kappa shape index (κ2) is 7.79. The Labute approximate surface area is 150 Å². The van der Waals surface area contributed by atoms with Crippen LogP contribution < -0.4 is 10.6 Å². The van der Waals surface area contributed by atoms with Crippen LogP contribution in [0.15, 0.2) is 48.8 Å². The lowest BCUT2D eigenvalue weighted by atomic mass is 9.80. The molecule has 2 aromatic rings. The minimum Gasteiger partial charge on any atom is -0.352 e. The van der Waals surface area contributed by atoms with Gasteiger partial charge in [0, 0.05) is 30.4 Å². The number of hydrogen-bond acceptors (Lipinski definition) is 3. The smallest absolute Gasteiger partial charge is 0.240 e. The Bertz CT molecular complexity index is 706. The van der Waals surface area contributed by atoms with E-state index in [9.17, 15) is 4.79 Å². The summed E-state index contributed by atoms with van der Waals surface area (Å²) in [5, 5.41) is 6.66. The van der Waals surface area contributed by atoms with Crippen molar-refractivity contribution >= 4 is 5.91 Å². The Kier molecular flexibility index (Phi) is 5.49. The number of pyridine rings is 1. The number of carbonyl (C=O) groups is 1. The van der Waals surface area contributed by atoms with Crippen molar-refractivity contribution in [2.24, 2.45) is 0 Å². The lowest BCUT2D eigenvalue weighted by Crippen LogP contribution is -2.61. The first-order valence-corrected chi connectivity index (χ1v) is 9.15. The molecular formula is C21H27N3O. The van der Waals surface area contributed by atoms with Gasteiger partial charge in [-0.25, -0.2) is 0 Å². The molecule has 0 aliphatic carbocycles. The lowest BCUT2D eigenvalue weighted by molar-refractivity contribution is -0.129. The van der Waals surface area contributed by atoms with Crippen LogP contribution in [0.25, 0.3) is 11.1 Å². The van der Waals surface area contributed by atoms with Crippen molar-refractivity contribution in [1.29, 1.82) is 0 Å². The molecule has 0 saturated carbocycles. The molecule has 1 fully saturated rings. The summed E-state index contributed by atoms with van der Waals surface area (Å²) in [5.41, 5.74) is 2.90. The number of nitrogens with one attached hydrogen (secondary N) is 2. The summed E-state index contributed by atoms with van der Waals surface area (Å²) < 4.78 is 0. The van der Waals surface area contributed by atoms with Crippen molar-refractivity contribution in [1.82, 2.24) is 15.6 Å². The average molecular weight is 337 g/mol. The number of piperidine rings is 1. The van der Waals surface area contributed by atoms with E-state index in [0.29, 0.717) is 6.42 Å². The number of hydrogen-bond donors (Lipinski definition) is 2. The Balaban J connectivity index is 1.94. The summed E-state index contributed by atoms with van der Waals surface area (Å²) in [7, 11) is 0. The molecule has 1 amide bonds. The van der Waals surface area contributed by atoms with Gasteiger partial charge in [-0.2, -0.15) is 0 Å². The second-order valence-corrected chi connectivity index (χ2v) is 7.17. The molecule has 1 aliphatic heterocycles. The van der Waals surface area contributed by atoms with Crippen LogP contribution in [-0.2, 0) is 11.2 Å². The fourth-order valence-corrected chi connectivity index (χ4v) is 3.60. The Morgan fingerprint density at radius 2 is 2.08 bits per heavy atom. The van der Waals surface area contributed by atoms with Crippen molar-refractivity contribution in [3.05, 3.63) is 54.4 Å². The van der Waals surface area contributed by atoms with Crippen molar-refractivity contribution in [3.8, 4) is 11.1 Å². The molecule has 1 atom stereocenters. The molecule has 0 bridgehead atoms. The third-order valence-electron chi connectivity index (χ3n) is 4.83. The summed E-state index contributed by atoms with van der Waals surface area (Å²) in [6.45, 7) is 4.91. The number of benzene rings is 1. The zero-order valence-electron chi connectivity index (χ0n) is 15.1. The summed E-state index contributed by atoms with van der Waals surface area (Å²) in [6, 6.07) is 12.5. The van der Waals surface area contributed by atoms with Gasteiger partial charge in [-0.3, -0.25) is 9.78 Å². The van der Waals surface area contributed by atoms with E-state index in [1.165, 1.54) is 5.56 Å². The molecule has 0 radical (unpaired) electrons. The quantitative estimate of drug-likeness (QED) is 0.880. The van der Waals surface area contributed by atoms with Crippen LogP contribution in [0.3, 0.4) is 0 Å². The maximum absolute atomic E-state index is 13.0. The molecule has 1 aromatic carbocycles. The monoisotopic (exact) mass is 337 g/mol. The molecule has 2 N–H and O–H groups in total. The molecule has 132 valence electrons. The molecule has 4 nitrogen and oxygen atoms in total. The predicted molar refractivity (Wildman–Crippen MR) is 101 cm³/mol. The van der Waals surface area contributed by atoms with Gasteiger partial charge in [-0.05, 0) is 56.8 Å². The van der Waals surface area contributed by atoms with Crippen LogP contribution in [-0.4, -0.2) is 29.0 Å². The standard InChI is InChI=1S/C21H27N3O/c1-16(2)24-20(25)21(11-5-6-13-23-21)14-17-8-3-4-10-19(17)18-9-7-12-22-15-18/h3-4,7-10,12,15-16,23H,5-6,11,13-14H2,1-2H3,(H,24,25). The van der Waals surface area contributed by atoms with Gasteiger partial charge in [0.05, 0.1) is 0 Å². The van der Waals surface area contributed by atoms with E-state index in [1.807, 2.05) is 38.2 Å². The first-order valence-electron chi connectivity index (χ1n) is 9.15. The van der Waals surface area contributed by atoms with Gasteiger partial charge in [0.25, 0.3) is 0 Å². The molecule has 1 aromatic heterocycles. The predicted octanol–water partition coefficient (Wildman–Crippen LogP) is 3.33. The van der Waals surface area contributed by atoms with Crippen LogP contribution in [0.5, 0.6) is 0 Å². The molecule has 1 aliphatic rings. The third kappa shape index (κ3) is 4.07. The Hall–Kier alpha value is -2.20. The van der Waals surface area contributed by atoms with Gasteiger partial charge in [-0.1, -0.05) is 30.3 Å². The van der Waals surface area contributed by atoms with Gasteiger partial charge < -0.3 is 10.6 Å². The van der Waals surface area contributed by atoms with Crippen molar-refractivity contribution < 1.29 is 4.79 Å². The fraction of sp³-hybridized carbons (Fsp3) is 0.429. The highest BCUT2D eigenvalue weighted by Crippen LogP contribution is 2.30. The number of aromatic nitrogens is 1. The van der Waals surface area contributed by atoms with Gasteiger partial charge in [0.1, 0.15) is 5.54 Å².